The zero-order valence-electron chi connectivity index (χ0n) is 28.4. The third kappa shape index (κ3) is 5.21. The number of rotatable bonds is 6. The lowest BCUT2D eigenvalue weighted by molar-refractivity contribution is 0.669. The molecule has 0 aliphatic heterocycles. The highest BCUT2D eigenvalue weighted by Crippen LogP contribution is 2.40. The molecule has 0 N–H and O–H groups in total. The summed E-state index contributed by atoms with van der Waals surface area (Å²) in [4.78, 5) is 2.34. The maximum atomic E-state index is 6.15. The Labute approximate surface area is 302 Å². The van der Waals surface area contributed by atoms with Gasteiger partial charge in [-0.1, -0.05) is 146 Å². The van der Waals surface area contributed by atoms with Gasteiger partial charge in [-0.05, 0) is 110 Å². The summed E-state index contributed by atoms with van der Waals surface area (Å²) in [6.45, 7) is 0. The van der Waals surface area contributed by atoms with Crippen molar-refractivity contribution in [1.82, 2.24) is 0 Å². The van der Waals surface area contributed by atoms with Gasteiger partial charge < -0.3 is 9.32 Å². The molecule has 244 valence electrons. The number of fused-ring (bicyclic) bond motifs is 6. The fourth-order valence-electron chi connectivity index (χ4n) is 7.68. The number of hydrogen-bond donors (Lipinski definition) is 0. The summed E-state index contributed by atoms with van der Waals surface area (Å²) in [5.74, 6) is 0. The maximum Gasteiger partial charge on any atom is 0.136 e. The van der Waals surface area contributed by atoms with Crippen molar-refractivity contribution in [1.29, 1.82) is 0 Å². The van der Waals surface area contributed by atoms with E-state index in [1.807, 2.05) is 12.1 Å². The number of benzene rings is 9. The lowest BCUT2D eigenvalue weighted by Crippen LogP contribution is -2.09. The van der Waals surface area contributed by atoms with Crippen LogP contribution >= 0.6 is 0 Å². The number of anilines is 3. The van der Waals surface area contributed by atoms with Crippen LogP contribution in [0.5, 0.6) is 0 Å². The van der Waals surface area contributed by atoms with Gasteiger partial charge in [0.15, 0.2) is 0 Å². The van der Waals surface area contributed by atoms with E-state index in [4.69, 9.17) is 4.42 Å². The third-order valence-electron chi connectivity index (χ3n) is 10.3. The average molecular weight is 664 g/mol. The number of para-hydroxylation sites is 1. The fourth-order valence-corrected chi connectivity index (χ4v) is 7.68. The quantitative estimate of drug-likeness (QED) is 0.176. The molecule has 2 heteroatoms. The molecule has 1 heterocycles. The van der Waals surface area contributed by atoms with E-state index in [-0.39, 0.29) is 0 Å². The van der Waals surface area contributed by atoms with Crippen molar-refractivity contribution < 1.29 is 4.42 Å². The van der Waals surface area contributed by atoms with E-state index in [1.165, 1.54) is 60.3 Å². The highest BCUT2D eigenvalue weighted by Gasteiger charge is 2.15. The Morgan fingerprint density at radius 3 is 1.60 bits per heavy atom. The Morgan fingerprint density at radius 1 is 0.308 bits per heavy atom. The molecule has 0 spiro atoms. The molecule has 2 nitrogen and oxygen atoms in total. The van der Waals surface area contributed by atoms with Gasteiger partial charge in [-0.25, -0.2) is 0 Å². The van der Waals surface area contributed by atoms with Gasteiger partial charge in [-0.3, -0.25) is 0 Å². The van der Waals surface area contributed by atoms with Crippen molar-refractivity contribution in [2.75, 3.05) is 4.90 Å². The van der Waals surface area contributed by atoms with Crippen LogP contribution in [0.25, 0.3) is 76.9 Å². The van der Waals surface area contributed by atoms with Crippen LogP contribution in [0.1, 0.15) is 0 Å². The van der Waals surface area contributed by atoms with Crippen LogP contribution in [0.4, 0.5) is 17.1 Å². The second-order valence-electron chi connectivity index (χ2n) is 13.3. The molecule has 0 aliphatic carbocycles. The van der Waals surface area contributed by atoms with Crippen molar-refractivity contribution in [2.24, 2.45) is 0 Å². The first-order valence-electron chi connectivity index (χ1n) is 17.8. The Bertz CT molecular complexity index is 2860. The normalized spacial score (nSPS) is 11.5. The third-order valence-corrected chi connectivity index (χ3v) is 10.3. The molecule has 0 unspecified atom stereocenters. The van der Waals surface area contributed by atoms with Gasteiger partial charge in [0.05, 0.1) is 0 Å². The monoisotopic (exact) mass is 663 g/mol. The van der Waals surface area contributed by atoms with Crippen LogP contribution in [0, 0.1) is 0 Å². The molecule has 52 heavy (non-hydrogen) atoms. The Balaban J connectivity index is 1.03. The van der Waals surface area contributed by atoms with E-state index in [0.29, 0.717) is 0 Å². The minimum Gasteiger partial charge on any atom is -0.456 e. The molecule has 1 aromatic heterocycles. The largest absolute Gasteiger partial charge is 0.456 e. The molecule has 0 radical (unpaired) electrons. The predicted molar refractivity (Wildman–Crippen MR) is 220 cm³/mol. The minimum absolute atomic E-state index is 0.923. The molecule has 9 aromatic carbocycles. The van der Waals surface area contributed by atoms with E-state index in [0.717, 1.165) is 33.6 Å². The molecule has 10 rings (SSSR count). The van der Waals surface area contributed by atoms with Crippen LogP contribution in [-0.4, -0.2) is 0 Å². The highest BCUT2D eigenvalue weighted by atomic mass is 16.3. The fraction of sp³-hybridized carbons (Fsp3) is 0. The average Bonchev–Trinajstić information content (AvgIpc) is 3.61. The second-order valence-corrected chi connectivity index (χ2v) is 13.3. The van der Waals surface area contributed by atoms with Crippen molar-refractivity contribution in [3.63, 3.8) is 0 Å². The van der Waals surface area contributed by atoms with Crippen LogP contribution in [0.2, 0.25) is 0 Å². The van der Waals surface area contributed by atoms with Gasteiger partial charge in [-0.15, -0.1) is 0 Å². The van der Waals surface area contributed by atoms with Crippen LogP contribution in [-0.2, 0) is 0 Å². The molecule has 0 saturated heterocycles. The zero-order chi connectivity index (χ0) is 34.4. The number of nitrogens with zero attached hydrogens (tertiary/aromatic N) is 1. The van der Waals surface area contributed by atoms with Gasteiger partial charge in [0.1, 0.15) is 11.2 Å². The van der Waals surface area contributed by atoms with E-state index < -0.39 is 0 Å². The van der Waals surface area contributed by atoms with Crippen molar-refractivity contribution in [3.8, 4) is 33.4 Å². The smallest absolute Gasteiger partial charge is 0.136 e. The summed E-state index contributed by atoms with van der Waals surface area (Å²) in [7, 11) is 0. The lowest BCUT2D eigenvalue weighted by atomic mass is 9.97. The molecule has 0 aliphatic rings. The Morgan fingerprint density at radius 2 is 0.865 bits per heavy atom. The van der Waals surface area contributed by atoms with E-state index in [9.17, 15) is 0 Å². The summed E-state index contributed by atoms with van der Waals surface area (Å²) >= 11 is 0. The number of hydrogen-bond acceptors (Lipinski definition) is 2. The van der Waals surface area contributed by atoms with Gasteiger partial charge >= 0.3 is 0 Å². The van der Waals surface area contributed by atoms with Crippen LogP contribution < -0.4 is 4.90 Å². The van der Waals surface area contributed by atoms with E-state index in [2.05, 4.69) is 193 Å². The minimum atomic E-state index is 0.923. The summed E-state index contributed by atoms with van der Waals surface area (Å²) in [6, 6.07) is 71.7. The Kier molecular flexibility index (Phi) is 7.18. The first-order valence-corrected chi connectivity index (χ1v) is 17.8. The molecular formula is C50H33NO. The second kappa shape index (κ2) is 12.5. The highest BCUT2D eigenvalue weighted by molar-refractivity contribution is 6.19. The lowest BCUT2D eigenvalue weighted by Gasteiger charge is -2.26. The zero-order valence-corrected chi connectivity index (χ0v) is 28.4. The van der Waals surface area contributed by atoms with Gasteiger partial charge in [-0.2, -0.15) is 0 Å². The molecule has 10 aromatic rings. The molecule has 0 fully saturated rings. The van der Waals surface area contributed by atoms with E-state index in [1.54, 1.807) is 0 Å². The summed E-state index contributed by atoms with van der Waals surface area (Å²) in [5, 5.41) is 7.25. The first kappa shape index (κ1) is 30.0. The molecular weight excluding hydrogens is 631 g/mol. The van der Waals surface area contributed by atoms with Crippen molar-refractivity contribution >= 4 is 60.5 Å². The molecule has 0 saturated carbocycles. The predicted octanol–water partition coefficient (Wildman–Crippen LogP) is 14.4. The SMILES string of the molecule is c1ccc(-c2ccc(N(c3ccc(-c4ccc5c(ccc6oc7ccccc7c65)c4)cc3)c3ccc(-c4cccc5ccccc45)cc3)cc2)cc1. The van der Waals surface area contributed by atoms with Crippen molar-refractivity contribution in [2.45, 2.75) is 0 Å². The number of furan rings is 1. The van der Waals surface area contributed by atoms with Crippen LogP contribution in [0.15, 0.2) is 205 Å². The topological polar surface area (TPSA) is 16.4 Å². The summed E-state index contributed by atoms with van der Waals surface area (Å²) in [6.07, 6.45) is 0. The van der Waals surface area contributed by atoms with Gasteiger partial charge in [0.2, 0.25) is 0 Å². The molecule has 0 atom stereocenters. The van der Waals surface area contributed by atoms with Gasteiger partial charge in [0, 0.05) is 27.8 Å². The summed E-state index contributed by atoms with van der Waals surface area (Å²) < 4.78 is 6.15. The molecule has 0 amide bonds. The van der Waals surface area contributed by atoms with Crippen molar-refractivity contribution in [3.05, 3.63) is 200 Å². The van der Waals surface area contributed by atoms with Crippen LogP contribution in [0.3, 0.4) is 0 Å². The van der Waals surface area contributed by atoms with Gasteiger partial charge in [0.25, 0.3) is 0 Å². The first-order chi connectivity index (χ1) is 25.8. The maximum absolute atomic E-state index is 6.15. The standard InChI is InChI=1S/C50H33NO/c1-2-9-34(10-3-1)35-17-25-41(26-18-35)51(43-29-21-38(22-30-43)45-15-8-12-37-11-4-5-13-44(37)45)42-27-19-36(20-28-42)39-23-31-46-40(33-39)24-32-49-50(46)47-14-6-7-16-48(47)52-49/h1-33H. The molecule has 0 bridgehead atoms. The van der Waals surface area contributed by atoms with E-state index >= 15 is 0 Å². The Hall–Kier alpha value is -6.90. The summed E-state index contributed by atoms with van der Waals surface area (Å²) in [5.41, 5.74) is 12.4.